The van der Waals surface area contributed by atoms with Crippen molar-refractivity contribution in [2.75, 3.05) is 0 Å². The minimum Gasteiger partial charge on any atom is -0.0625 e. The molecule has 0 radical (unpaired) electrons. The van der Waals surface area contributed by atoms with Crippen molar-refractivity contribution in [3.8, 4) is 0 Å². The van der Waals surface area contributed by atoms with Gasteiger partial charge in [0.15, 0.2) is 0 Å². The topological polar surface area (TPSA) is 0 Å². The van der Waals surface area contributed by atoms with Gasteiger partial charge in [0.2, 0.25) is 0 Å². The summed E-state index contributed by atoms with van der Waals surface area (Å²) in [6.07, 6.45) is 2.32. The number of rotatable bonds is 3. The van der Waals surface area contributed by atoms with Gasteiger partial charge in [-0.1, -0.05) is 57.2 Å². The molecule has 2 aromatic rings. The Bertz CT molecular complexity index is 480. The summed E-state index contributed by atoms with van der Waals surface area (Å²) in [6.45, 7) is 6.83. The molecule has 0 atom stereocenters. The van der Waals surface area contributed by atoms with Crippen molar-refractivity contribution >= 4 is 10.8 Å². The average molecular weight is 212 g/mol. The van der Waals surface area contributed by atoms with E-state index >= 15 is 0 Å². The molecule has 84 valence electrons. The third kappa shape index (κ3) is 2.11. The fourth-order valence-corrected chi connectivity index (χ4v) is 2.36. The van der Waals surface area contributed by atoms with Crippen molar-refractivity contribution in [1.29, 1.82) is 0 Å². The first kappa shape index (κ1) is 11.2. The molecule has 0 bridgehead atoms. The highest BCUT2D eigenvalue weighted by atomic mass is 14.1. The maximum absolute atomic E-state index is 2.29. The molecular formula is C16H20. The normalized spacial score (nSPS) is 11.2. The van der Waals surface area contributed by atoms with Gasteiger partial charge in [-0.3, -0.25) is 0 Å². The monoisotopic (exact) mass is 212 g/mol. The summed E-state index contributed by atoms with van der Waals surface area (Å²) in [4.78, 5) is 0. The Labute approximate surface area is 98.3 Å². The Morgan fingerprint density at radius 2 is 1.75 bits per heavy atom. The van der Waals surface area contributed by atoms with E-state index in [0.717, 1.165) is 12.3 Å². The van der Waals surface area contributed by atoms with Gasteiger partial charge in [0.1, 0.15) is 0 Å². The van der Waals surface area contributed by atoms with Gasteiger partial charge in [0, 0.05) is 0 Å². The van der Waals surface area contributed by atoms with E-state index in [-0.39, 0.29) is 0 Å². The molecule has 0 N–H and O–H groups in total. The molecule has 0 aliphatic rings. The Kier molecular flexibility index (Phi) is 3.28. The van der Waals surface area contributed by atoms with E-state index in [9.17, 15) is 0 Å². The zero-order valence-electron chi connectivity index (χ0n) is 10.5. The molecule has 0 fully saturated rings. The lowest BCUT2D eigenvalue weighted by atomic mass is 9.91. The molecular weight excluding hydrogens is 192 g/mol. The van der Waals surface area contributed by atoms with Crippen LogP contribution in [0.3, 0.4) is 0 Å². The highest BCUT2D eigenvalue weighted by Crippen LogP contribution is 2.25. The summed E-state index contributed by atoms with van der Waals surface area (Å²) in [5.74, 6) is 0.719. The first-order valence-corrected chi connectivity index (χ1v) is 6.22. The van der Waals surface area contributed by atoms with Gasteiger partial charge in [0.05, 0.1) is 0 Å². The van der Waals surface area contributed by atoms with Gasteiger partial charge in [-0.05, 0) is 40.7 Å². The van der Waals surface area contributed by atoms with Crippen LogP contribution in [0, 0.1) is 5.92 Å². The van der Waals surface area contributed by atoms with Crippen LogP contribution in [-0.2, 0) is 12.8 Å². The lowest BCUT2D eigenvalue weighted by Crippen LogP contribution is -2.00. The fourth-order valence-electron chi connectivity index (χ4n) is 2.36. The number of aryl methyl sites for hydroxylation is 1. The minimum atomic E-state index is 0.719. The zero-order valence-corrected chi connectivity index (χ0v) is 10.5. The van der Waals surface area contributed by atoms with Crippen molar-refractivity contribution in [3.05, 3.63) is 47.5 Å². The van der Waals surface area contributed by atoms with Crippen molar-refractivity contribution in [2.24, 2.45) is 5.92 Å². The second-order valence-corrected chi connectivity index (χ2v) is 4.88. The second-order valence-electron chi connectivity index (χ2n) is 4.88. The molecule has 0 aliphatic heterocycles. The third-order valence-electron chi connectivity index (χ3n) is 3.13. The molecule has 2 aromatic carbocycles. The maximum atomic E-state index is 2.29. The highest BCUT2D eigenvalue weighted by Gasteiger charge is 2.07. The number of benzene rings is 2. The van der Waals surface area contributed by atoms with Crippen molar-refractivity contribution in [2.45, 2.75) is 33.6 Å². The molecule has 0 saturated heterocycles. The molecule has 0 unspecified atom stereocenters. The Hall–Kier alpha value is -1.30. The van der Waals surface area contributed by atoms with Gasteiger partial charge in [0.25, 0.3) is 0 Å². The first-order valence-electron chi connectivity index (χ1n) is 6.22. The lowest BCUT2D eigenvalue weighted by molar-refractivity contribution is 0.646. The van der Waals surface area contributed by atoms with Gasteiger partial charge < -0.3 is 0 Å². The van der Waals surface area contributed by atoms with Crippen LogP contribution in [0.1, 0.15) is 31.9 Å². The summed E-state index contributed by atoms with van der Waals surface area (Å²) in [5.41, 5.74) is 3.06. The summed E-state index contributed by atoms with van der Waals surface area (Å²) in [5, 5.41) is 2.81. The van der Waals surface area contributed by atoms with Crippen molar-refractivity contribution in [3.63, 3.8) is 0 Å². The number of fused-ring (bicyclic) bond motifs is 1. The van der Waals surface area contributed by atoms with Gasteiger partial charge >= 0.3 is 0 Å². The summed E-state index contributed by atoms with van der Waals surface area (Å²) >= 11 is 0. The molecule has 16 heavy (non-hydrogen) atoms. The molecule has 0 heterocycles. The van der Waals surface area contributed by atoms with Crippen LogP contribution in [0.5, 0.6) is 0 Å². The van der Waals surface area contributed by atoms with Crippen molar-refractivity contribution in [1.82, 2.24) is 0 Å². The fraction of sp³-hybridized carbons (Fsp3) is 0.375. The smallest absolute Gasteiger partial charge is 0.0149 e. The van der Waals surface area contributed by atoms with E-state index in [1.807, 2.05) is 0 Å². The largest absolute Gasteiger partial charge is 0.0625 e. The Balaban J connectivity index is 2.63. The summed E-state index contributed by atoms with van der Waals surface area (Å²) < 4.78 is 0. The second kappa shape index (κ2) is 4.69. The molecule has 0 spiro atoms. The van der Waals surface area contributed by atoms with Crippen LogP contribution in [0.25, 0.3) is 10.8 Å². The van der Waals surface area contributed by atoms with Crippen molar-refractivity contribution < 1.29 is 0 Å². The van der Waals surface area contributed by atoms with E-state index in [1.54, 1.807) is 5.56 Å². The Morgan fingerprint density at radius 1 is 1.00 bits per heavy atom. The van der Waals surface area contributed by atoms with Gasteiger partial charge in [-0.25, -0.2) is 0 Å². The predicted molar refractivity (Wildman–Crippen MR) is 71.9 cm³/mol. The van der Waals surface area contributed by atoms with E-state index in [1.165, 1.54) is 22.8 Å². The van der Waals surface area contributed by atoms with Crippen LogP contribution >= 0.6 is 0 Å². The van der Waals surface area contributed by atoms with Gasteiger partial charge in [-0.2, -0.15) is 0 Å². The first-order chi connectivity index (χ1) is 7.72. The zero-order chi connectivity index (χ0) is 11.5. The third-order valence-corrected chi connectivity index (χ3v) is 3.13. The highest BCUT2D eigenvalue weighted by molar-refractivity contribution is 5.86. The van der Waals surface area contributed by atoms with E-state index < -0.39 is 0 Å². The minimum absolute atomic E-state index is 0.719. The van der Waals surface area contributed by atoms with E-state index in [0.29, 0.717) is 0 Å². The molecule has 2 rings (SSSR count). The molecule has 0 nitrogen and oxygen atoms in total. The summed E-state index contributed by atoms with van der Waals surface area (Å²) in [7, 11) is 0. The van der Waals surface area contributed by atoms with Crippen LogP contribution in [0.2, 0.25) is 0 Å². The number of hydrogen-bond donors (Lipinski definition) is 0. The lowest BCUT2D eigenvalue weighted by Gasteiger charge is -2.14. The molecule has 0 amide bonds. The summed E-state index contributed by atoms with van der Waals surface area (Å²) in [6, 6.07) is 13.3. The predicted octanol–water partition coefficient (Wildman–Crippen LogP) is 4.60. The maximum Gasteiger partial charge on any atom is -0.0149 e. The number of hydrogen-bond acceptors (Lipinski definition) is 0. The van der Waals surface area contributed by atoms with Gasteiger partial charge in [-0.15, -0.1) is 0 Å². The van der Waals surface area contributed by atoms with Crippen LogP contribution in [0.15, 0.2) is 36.4 Å². The van der Waals surface area contributed by atoms with Crippen LogP contribution in [-0.4, -0.2) is 0 Å². The standard InChI is InChI=1S/C16H20/c1-4-13-9-10-14-7-5-6-8-15(14)16(13)11-12(2)3/h5-10,12H,4,11H2,1-3H3. The Morgan fingerprint density at radius 3 is 2.44 bits per heavy atom. The SMILES string of the molecule is CCc1ccc2ccccc2c1CC(C)C. The van der Waals surface area contributed by atoms with Crippen LogP contribution < -0.4 is 0 Å². The average Bonchev–Trinajstić information content (AvgIpc) is 2.29. The molecule has 0 heteroatoms. The molecule has 0 saturated carbocycles. The van der Waals surface area contributed by atoms with E-state index in [4.69, 9.17) is 0 Å². The van der Waals surface area contributed by atoms with Crippen LogP contribution in [0.4, 0.5) is 0 Å². The molecule has 0 aliphatic carbocycles. The quantitative estimate of drug-likeness (QED) is 0.697. The van der Waals surface area contributed by atoms with E-state index in [2.05, 4.69) is 57.2 Å². The molecule has 0 aromatic heterocycles.